The second-order valence-electron chi connectivity index (χ2n) is 16.7. The van der Waals surface area contributed by atoms with Crippen molar-refractivity contribution in [3.05, 3.63) is 127 Å². The third-order valence-corrected chi connectivity index (χ3v) is 12.1. The predicted molar refractivity (Wildman–Crippen MR) is 273 cm³/mol. The molecule has 0 aliphatic heterocycles. The molecule has 76 heavy (non-hydrogen) atoms. The number of nitrogens with zero attached hydrogens (tertiary/aromatic N) is 13. The van der Waals surface area contributed by atoms with Crippen LogP contribution in [0.1, 0.15) is 16.7 Å². The molecule has 3 aromatic carbocycles. The standard InChI is InChI=1S/C17H19F2N5O3S.C16H17F2N5O.C16H13F2N5O/c1-23-10-21-12-9-20-16(7-14(12)23)24(2)13-5-4-11(8-22-28(3,25)26)6-15(13)27-17(18)19;2*1-22-9-21-11-8-20-15(6-13(11)22)23(2)12-4-3-10(7-19)5-14(12)24-16(17)18/h4-7,9-10,17,22H,8H2,1-3H3;3-6,8-9,16H,7,19H2,1-2H3;3-6,8-9,16H,1-2H3. The van der Waals surface area contributed by atoms with E-state index in [0.717, 1.165) is 33.8 Å². The number of rotatable bonds is 16. The number of hydrogen-bond donors (Lipinski definition) is 2. The fourth-order valence-corrected chi connectivity index (χ4v) is 7.96. The minimum atomic E-state index is -3.41. The van der Waals surface area contributed by atoms with Crippen LogP contribution in [0.25, 0.3) is 33.1 Å². The first-order chi connectivity index (χ1) is 36.1. The van der Waals surface area contributed by atoms with Gasteiger partial charge in [0.05, 0.1) is 89.1 Å². The van der Waals surface area contributed by atoms with Gasteiger partial charge in [-0.1, -0.05) is 12.1 Å². The monoisotopic (exact) mass is 1070 g/mol. The number of nitriles is 1. The molecule has 6 aromatic heterocycles. The summed E-state index contributed by atoms with van der Waals surface area (Å²) in [7, 11) is 7.25. The van der Waals surface area contributed by atoms with Crippen molar-refractivity contribution in [3.8, 4) is 23.3 Å². The highest BCUT2D eigenvalue weighted by molar-refractivity contribution is 7.88. The van der Waals surface area contributed by atoms with Gasteiger partial charge in [0.1, 0.15) is 45.5 Å². The Balaban J connectivity index is 0.000000167. The Bertz CT molecular complexity index is 3650. The van der Waals surface area contributed by atoms with Gasteiger partial charge in [0.15, 0.2) is 5.75 Å². The van der Waals surface area contributed by atoms with Gasteiger partial charge in [-0.2, -0.15) is 31.6 Å². The number of fused-ring (bicyclic) bond motifs is 3. The van der Waals surface area contributed by atoms with Gasteiger partial charge in [-0.3, -0.25) is 0 Å². The fraction of sp³-hybridized carbons (Fsp3) is 0.245. The number of benzene rings is 3. The lowest BCUT2D eigenvalue weighted by Crippen LogP contribution is -2.21. The van der Waals surface area contributed by atoms with Crippen LogP contribution in [0.15, 0.2) is 110 Å². The molecule has 0 aliphatic rings. The summed E-state index contributed by atoms with van der Waals surface area (Å²) < 4.78 is 121. The van der Waals surface area contributed by atoms with Gasteiger partial charge in [0.25, 0.3) is 0 Å². The van der Waals surface area contributed by atoms with E-state index in [0.29, 0.717) is 51.2 Å². The maximum atomic E-state index is 12.9. The van der Waals surface area contributed by atoms with Crippen molar-refractivity contribution in [2.75, 3.05) is 42.1 Å². The normalized spacial score (nSPS) is 11.4. The zero-order chi connectivity index (χ0) is 55.0. The van der Waals surface area contributed by atoms with Crippen LogP contribution in [0.4, 0.5) is 60.9 Å². The molecule has 0 fully saturated rings. The summed E-state index contributed by atoms with van der Waals surface area (Å²) in [5.74, 6) is 1.52. The predicted octanol–water partition coefficient (Wildman–Crippen LogP) is 8.39. The number of aromatic nitrogens is 9. The third-order valence-electron chi connectivity index (χ3n) is 11.5. The van der Waals surface area contributed by atoms with E-state index in [1.165, 1.54) is 24.3 Å². The Labute approximate surface area is 431 Å². The quantitative estimate of drug-likeness (QED) is 0.0866. The zero-order valence-electron chi connectivity index (χ0n) is 41.6. The van der Waals surface area contributed by atoms with Gasteiger partial charge in [0.2, 0.25) is 10.0 Å². The topological polar surface area (TPSA) is 226 Å². The summed E-state index contributed by atoms with van der Waals surface area (Å²) >= 11 is 0. The molecular weight excluding hydrogens is 1020 g/mol. The number of imidazole rings is 3. The van der Waals surface area contributed by atoms with Crippen LogP contribution in [0, 0.1) is 11.3 Å². The summed E-state index contributed by atoms with van der Waals surface area (Å²) in [5.41, 5.74) is 13.0. The molecule has 0 amide bonds. The van der Waals surface area contributed by atoms with Gasteiger partial charge in [-0.05, 0) is 47.5 Å². The van der Waals surface area contributed by atoms with Gasteiger partial charge >= 0.3 is 19.8 Å². The highest BCUT2D eigenvalue weighted by Crippen LogP contribution is 2.37. The van der Waals surface area contributed by atoms with E-state index in [9.17, 15) is 34.8 Å². The number of pyridine rings is 3. The summed E-state index contributed by atoms with van der Waals surface area (Å²) in [5, 5.41) is 8.94. The molecule has 3 N–H and O–H groups in total. The summed E-state index contributed by atoms with van der Waals surface area (Å²) in [6.07, 6.45) is 10.9. The summed E-state index contributed by atoms with van der Waals surface area (Å²) in [6, 6.07) is 21.2. The first-order valence-electron chi connectivity index (χ1n) is 22.4. The first kappa shape index (κ1) is 55.0. The Hall–Kier alpha value is -8.74. The molecule has 0 aliphatic carbocycles. The molecule has 9 aromatic rings. The van der Waals surface area contributed by atoms with Gasteiger partial charge in [0, 0.05) is 79.6 Å². The first-order valence-corrected chi connectivity index (χ1v) is 24.3. The maximum absolute atomic E-state index is 12.9. The molecular formula is C49H49F6N15O5S. The number of nitrogens with two attached hydrogens (primary N) is 1. The Kier molecular flexibility index (Phi) is 17.1. The van der Waals surface area contributed by atoms with Crippen LogP contribution in [0.2, 0.25) is 0 Å². The number of sulfonamides is 1. The van der Waals surface area contributed by atoms with Crippen molar-refractivity contribution in [1.29, 1.82) is 5.26 Å². The number of nitrogens with one attached hydrogen (secondary N) is 1. The molecule has 20 nitrogen and oxygen atoms in total. The molecule has 0 radical (unpaired) electrons. The van der Waals surface area contributed by atoms with Crippen molar-refractivity contribution >= 4 is 77.6 Å². The zero-order valence-corrected chi connectivity index (χ0v) is 42.5. The van der Waals surface area contributed by atoms with Crippen molar-refractivity contribution < 1.29 is 49.0 Å². The summed E-state index contributed by atoms with van der Waals surface area (Å²) in [6.45, 7) is -8.74. The molecule has 398 valence electrons. The van der Waals surface area contributed by atoms with Crippen LogP contribution < -0.4 is 39.4 Å². The molecule has 0 unspecified atom stereocenters. The molecule has 27 heteroatoms. The SMILES string of the molecule is CN(c1cc2c(cn1)ncn2C)c1ccc(C#N)cc1OC(F)F.CN(c1cc2c(cn1)ncn2C)c1ccc(CN)cc1OC(F)F.CN(c1cc2c(cn1)ncn2C)c1ccc(CNS(C)(=O)=O)cc1OC(F)F. The van der Waals surface area contributed by atoms with E-state index >= 15 is 0 Å². The van der Waals surface area contributed by atoms with E-state index in [1.54, 1.807) is 116 Å². The Morgan fingerprint density at radius 2 is 0.934 bits per heavy atom. The molecule has 0 spiro atoms. The molecule has 0 atom stereocenters. The van der Waals surface area contributed by atoms with Crippen molar-refractivity contribution in [1.82, 2.24) is 48.3 Å². The lowest BCUT2D eigenvalue weighted by Gasteiger charge is -2.22. The van der Waals surface area contributed by atoms with Crippen LogP contribution >= 0.6 is 0 Å². The van der Waals surface area contributed by atoms with Gasteiger partial charge in [-0.25, -0.2) is 43.0 Å². The summed E-state index contributed by atoms with van der Waals surface area (Å²) in [4.78, 5) is 30.5. The van der Waals surface area contributed by atoms with Crippen LogP contribution in [-0.2, 0) is 44.3 Å². The van der Waals surface area contributed by atoms with E-state index in [4.69, 9.17) is 11.0 Å². The number of anilines is 6. The Morgan fingerprint density at radius 3 is 1.29 bits per heavy atom. The van der Waals surface area contributed by atoms with Crippen LogP contribution in [0.3, 0.4) is 0 Å². The van der Waals surface area contributed by atoms with E-state index in [1.807, 2.05) is 47.0 Å². The number of hydrogen-bond acceptors (Lipinski definition) is 16. The fourth-order valence-electron chi connectivity index (χ4n) is 7.53. The van der Waals surface area contributed by atoms with Crippen molar-refractivity contribution in [2.24, 2.45) is 26.9 Å². The third kappa shape index (κ3) is 13.3. The second kappa shape index (κ2) is 23.6. The lowest BCUT2D eigenvalue weighted by atomic mass is 10.1. The number of halogens is 6. The van der Waals surface area contributed by atoms with E-state index < -0.39 is 29.9 Å². The molecule has 0 saturated heterocycles. The van der Waals surface area contributed by atoms with E-state index in [2.05, 4.69) is 48.8 Å². The van der Waals surface area contributed by atoms with Gasteiger partial charge < -0.3 is 48.3 Å². The van der Waals surface area contributed by atoms with Crippen LogP contribution in [0.5, 0.6) is 17.2 Å². The highest BCUT2D eigenvalue weighted by atomic mass is 32.2. The highest BCUT2D eigenvalue weighted by Gasteiger charge is 2.20. The largest absolute Gasteiger partial charge is 0.433 e. The Morgan fingerprint density at radius 1 is 0.579 bits per heavy atom. The minimum absolute atomic E-state index is 0.0400. The number of alkyl halides is 6. The van der Waals surface area contributed by atoms with Crippen LogP contribution in [-0.4, -0.2) is 99.3 Å². The average molecular weight is 1070 g/mol. The molecule has 6 heterocycles. The molecule has 9 rings (SSSR count). The smallest absolute Gasteiger partial charge is 0.387 e. The average Bonchev–Trinajstić information content (AvgIpc) is 4.08. The number of ether oxygens (including phenoxy) is 3. The van der Waals surface area contributed by atoms with Gasteiger partial charge in [-0.15, -0.1) is 0 Å². The maximum Gasteiger partial charge on any atom is 0.387 e. The minimum Gasteiger partial charge on any atom is -0.433 e. The van der Waals surface area contributed by atoms with Crippen molar-refractivity contribution in [2.45, 2.75) is 32.9 Å². The van der Waals surface area contributed by atoms with E-state index in [-0.39, 0.29) is 35.9 Å². The number of aryl methyl sites for hydroxylation is 3. The van der Waals surface area contributed by atoms with Crippen molar-refractivity contribution in [3.63, 3.8) is 0 Å². The lowest BCUT2D eigenvalue weighted by molar-refractivity contribution is -0.0501. The second-order valence-corrected chi connectivity index (χ2v) is 18.5. The molecule has 0 saturated carbocycles. The molecule has 0 bridgehead atoms.